The third kappa shape index (κ3) is 3.09. The van der Waals surface area contributed by atoms with Crippen molar-refractivity contribution in [3.8, 4) is 0 Å². The predicted molar refractivity (Wildman–Crippen MR) is 72.4 cm³/mol. The Kier molecular flexibility index (Phi) is 4.50. The molecule has 0 aromatic heterocycles. The van der Waals surface area contributed by atoms with Gasteiger partial charge in [-0.3, -0.25) is 0 Å². The number of aliphatic hydroxyl groups excluding tert-OH is 1. The Balaban J connectivity index is 1.87. The lowest BCUT2D eigenvalue weighted by Gasteiger charge is -2.38. The van der Waals surface area contributed by atoms with Gasteiger partial charge in [-0.1, -0.05) is 6.92 Å². The maximum Gasteiger partial charge on any atom is 0.0790 e. The monoisotopic (exact) mass is 262 g/mol. The molecule has 94 valence electrons. The van der Waals surface area contributed by atoms with E-state index >= 15 is 0 Å². The summed E-state index contributed by atoms with van der Waals surface area (Å²) in [5, 5.41) is 10.6. The highest BCUT2D eigenvalue weighted by molar-refractivity contribution is 8.00. The minimum Gasteiger partial charge on any atom is -0.392 e. The molecule has 2 nitrogen and oxygen atoms in total. The summed E-state index contributed by atoms with van der Waals surface area (Å²) in [6, 6.07) is 0. The first-order chi connectivity index (χ1) is 7.61. The summed E-state index contributed by atoms with van der Waals surface area (Å²) in [7, 11) is 0. The largest absolute Gasteiger partial charge is 0.392 e. The van der Waals surface area contributed by atoms with E-state index in [9.17, 15) is 5.11 Å². The molecule has 0 saturated carbocycles. The molecule has 0 radical (unpaired) electrons. The third-order valence-corrected chi connectivity index (χ3v) is 6.43. The van der Waals surface area contributed by atoms with E-state index in [1.54, 1.807) is 0 Å². The van der Waals surface area contributed by atoms with E-state index in [1.807, 2.05) is 30.4 Å². The molecule has 0 amide bonds. The summed E-state index contributed by atoms with van der Waals surface area (Å²) in [6.45, 7) is 4.92. The van der Waals surface area contributed by atoms with Gasteiger partial charge < -0.3 is 9.84 Å². The Labute approximate surface area is 107 Å². The van der Waals surface area contributed by atoms with Gasteiger partial charge in [-0.15, -0.1) is 0 Å². The third-order valence-electron chi connectivity index (χ3n) is 3.60. The normalized spacial score (nSPS) is 38.8. The van der Waals surface area contributed by atoms with Crippen molar-refractivity contribution in [2.45, 2.75) is 55.3 Å². The van der Waals surface area contributed by atoms with Crippen LogP contribution in [0.5, 0.6) is 0 Å². The molecule has 4 heteroatoms. The van der Waals surface area contributed by atoms with Crippen LogP contribution in [0.4, 0.5) is 0 Å². The second-order valence-corrected chi connectivity index (χ2v) is 7.82. The van der Waals surface area contributed by atoms with Crippen LogP contribution in [-0.2, 0) is 4.74 Å². The quantitative estimate of drug-likeness (QED) is 0.846. The van der Waals surface area contributed by atoms with Crippen molar-refractivity contribution < 1.29 is 9.84 Å². The predicted octanol–water partition coefficient (Wildman–Crippen LogP) is 2.54. The van der Waals surface area contributed by atoms with Gasteiger partial charge in [-0.2, -0.15) is 23.5 Å². The second-order valence-electron chi connectivity index (χ2n) is 5.03. The molecule has 0 aliphatic carbocycles. The lowest BCUT2D eigenvalue weighted by atomic mass is 9.93. The average molecular weight is 262 g/mol. The molecule has 2 fully saturated rings. The Morgan fingerprint density at radius 2 is 2.31 bits per heavy atom. The first-order valence-electron chi connectivity index (χ1n) is 6.16. The molecule has 2 aliphatic rings. The van der Waals surface area contributed by atoms with Crippen molar-refractivity contribution in [2.75, 3.05) is 18.1 Å². The smallest absolute Gasteiger partial charge is 0.0790 e. The van der Waals surface area contributed by atoms with Crippen LogP contribution >= 0.6 is 23.5 Å². The highest BCUT2D eigenvalue weighted by Crippen LogP contribution is 2.42. The van der Waals surface area contributed by atoms with Crippen molar-refractivity contribution in [3.05, 3.63) is 0 Å². The van der Waals surface area contributed by atoms with E-state index in [0.717, 1.165) is 13.0 Å². The molecule has 0 aromatic rings. The molecule has 1 N–H and O–H groups in total. The zero-order chi connectivity index (χ0) is 11.6. The van der Waals surface area contributed by atoms with Crippen LogP contribution in [0.1, 0.15) is 33.1 Å². The Morgan fingerprint density at radius 3 is 2.94 bits per heavy atom. The fraction of sp³-hybridized carbons (Fsp3) is 1.00. The fourth-order valence-corrected chi connectivity index (χ4v) is 5.22. The van der Waals surface area contributed by atoms with Crippen LogP contribution in [0.3, 0.4) is 0 Å². The summed E-state index contributed by atoms with van der Waals surface area (Å²) in [6.07, 6.45) is 3.34. The molecular formula is C12H22O2S2. The van der Waals surface area contributed by atoms with E-state index in [2.05, 4.69) is 6.92 Å². The Hall–Kier alpha value is 0.620. The summed E-state index contributed by atoms with van der Waals surface area (Å²) in [5.41, 5.74) is 0.180. The maximum atomic E-state index is 9.55. The minimum atomic E-state index is -0.207. The van der Waals surface area contributed by atoms with Gasteiger partial charge in [0, 0.05) is 22.9 Å². The van der Waals surface area contributed by atoms with Crippen LogP contribution in [-0.4, -0.2) is 45.4 Å². The number of aliphatic hydroxyl groups is 1. The van der Waals surface area contributed by atoms with Crippen LogP contribution in [0.2, 0.25) is 0 Å². The maximum absolute atomic E-state index is 9.55. The molecule has 16 heavy (non-hydrogen) atoms. The Bertz CT molecular complexity index is 227. The SMILES string of the molecule is CC(O)C(C)SC1CCOC2(CCSC2)C1. The zero-order valence-electron chi connectivity index (χ0n) is 10.1. The van der Waals surface area contributed by atoms with Gasteiger partial charge in [0.1, 0.15) is 0 Å². The van der Waals surface area contributed by atoms with Gasteiger partial charge in [0.15, 0.2) is 0 Å². The molecule has 2 saturated heterocycles. The van der Waals surface area contributed by atoms with Gasteiger partial charge in [-0.05, 0) is 31.9 Å². The molecule has 1 spiro atoms. The second kappa shape index (κ2) is 5.51. The molecule has 0 bridgehead atoms. The number of ether oxygens (including phenoxy) is 1. The van der Waals surface area contributed by atoms with Gasteiger partial charge in [0.25, 0.3) is 0 Å². The summed E-state index contributed by atoms with van der Waals surface area (Å²) < 4.78 is 6.00. The van der Waals surface area contributed by atoms with Gasteiger partial charge >= 0.3 is 0 Å². The van der Waals surface area contributed by atoms with Crippen molar-refractivity contribution in [1.82, 2.24) is 0 Å². The fourth-order valence-electron chi connectivity index (χ4n) is 2.38. The van der Waals surface area contributed by atoms with Crippen molar-refractivity contribution in [2.24, 2.45) is 0 Å². The van der Waals surface area contributed by atoms with Crippen molar-refractivity contribution in [1.29, 1.82) is 0 Å². The lowest BCUT2D eigenvalue weighted by Crippen LogP contribution is -2.41. The topological polar surface area (TPSA) is 29.5 Å². The van der Waals surface area contributed by atoms with Gasteiger partial charge in [0.05, 0.1) is 11.7 Å². The van der Waals surface area contributed by atoms with Crippen LogP contribution in [0, 0.1) is 0 Å². The van der Waals surface area contributed by atoms with Crippen LogP contribution in [0.25, 0.3) is 0 Å². The van der Waals surface area contributed by atoms with Crippen molar-refractivity contribution in [3.63, 3.8) is 0 Å². The molecule has 2 aliphatic heterocycles. The number of rotatable bonds is 3. The molecule has 4 atom stereocenters. The van der Waals surface area contributed by atoms with E-state index < -0.39 is 0 Å². The zero-order valence-corrected chi connectivity index (χ0v) is 11.8. The number of hydrogen-bond acceptors (Lipinski definition) is 4. The van der Waals surface area contributed by atoms with Crippen molar-refractivity contribution >= 4 is 23.5 Å². The van der Waals surface area contributed by atoms with E-state index in [1.165, 1.54) is 24.3 Å². The van der Waals surface area contributed by atoms with Gasteiger partial charge in [-0.25, -0.2) is 0 Å². The number of hydrogen-bond donors (Lipinski definition) is 1. The van der Waals surface area contributed by atoms with Crippen LogP contribution < -0.4 is 0 Å². The molecule has 4 unspecified atom stereocenters. The standard InChI is InChI=1S/C12H22O2S2/c1-9(13)10(2)16-11-3-5-14-12(7-11)4-6-15-8-12/h9-11,13H,3-8H2,1-2H3. The highest BCUT2D eigenvalue weighted by Gasteiger charge is 2.41. The highest BCUT2D eigenvalue weighted by atomic mass is 32.2. The lowest BCUT2D eigenvalue weighted by molar-refractivity contribution is -0.0563. The first kappa shape index (κ1) is 13.1. The molecule has 0 aromatic carbocycles. The van der Waals surface area contributed by atoms with E-state index in [0.29, 0.717) is 10.5 Å². The first-order valence-corrected chi connectivity index (χ1v) is 8.26. The summed E-state index contributed by atoms with van der Waals surface area (Å²) in [5.74, 6) is 2.43. The van der Waals surface area contributed by atoms with Gasteiger partial charge in [0.2, 0.25) is 0 Å². The summed E-state index contributed by atoms with van der Waals surface area (Å²) in [4.78, 5) is 0. The minimum absolute atomic E-state index is 0.180. The Morgan fingerprint density at radius 1 is 1.50 bits per heavy atom. The summed E-state index contributed by atoms with van der Waals surface area (Å²) >= 11 is 3.97. The molecule has 2 rings (SSSR count). The van der Waals surface area contributed by atoms with E-state index in [-0.39, 0.29) is 11.7 Å². The average Bonchev–Trinajstić information content (AvgIpc) is 2.66. The van der Waals surface area contributed by atoms with E-state index in [4.69, 9.17) is 4.74 Å². The molecular weight excluding hydrogens is 240 g/mol. The molecule has 2 heterocycles. The van der Waals surface area contributed by atoms with Crippen LogP contribution in [0.15, 0.2) is 0 Å². The number of thioether (sulfide) groups is 2.